The molecule has 1 N–H and O–H groups in total. The number of hydrogen-bond acceptors (Lipinski definition) is 4. The van der Waals surface area contributed by atoms with E-state index in [0.29, 0.717) is 23.2 Å². The van der Waals surface area contributed by atoms with E-state index in [4.69, 9.17) is 16.1 Å². The van der Waals surface area contributed by atoms with E-state index in [1.54, 1.807) is 6.07 Å². The van der Waals surface area contributed by atoms with Gasteiger partial charge in [0.1, 0.15) is 6.10 Å². The smallest absolute Gasteiger partial charge is 0.258 e. The highest BCUT2D eigenvalue weighted by molar-refractivity contribution is 14.1. The largest absolute Gasteiger partial charge is 0.385 e. The molecule has 2 aromatic rings. The van der Waals surface area contributed by atoms with E-state index in [2.05, 4.69) is 32.7 Å². The summed E-state index contributed by atoms with van der Waals surface area (Å²) in [6.07, 6.45) is -0.140. The summed E-state index contributed by atoms with van der Waals surface area (Å²) in [5.74, 6) is 0.669. The average Bonchev–Trinajstić information content (AvgIpc) is 2.81. The lowest BCUT2D eigenvalue weighted by atomic mass is 10.2. The minimum absolute atomic E-state index is 0.303. The summed E-state index contributed by atoms with van der Waals surface area (Å²) >= 11 is 8.16. The van der Waals surface area contributed by atoms with E-state index in [9.17, 15) is 5.11 Å². The summed E-state index contributed by atoms with van der Waals surface area (Å²) in [5.41, 5.74) is 0.748. The van der Waals surface area contributed by atoms with Gasteiger partial charge in [0.2, 0.25) is 5.82 Å². The van der Waals surface area contributed by atoms with E-state index in [1.807, 2.05) is 19.1 Å². The summed E-state index contributed by atoms with van der Waals surface area (Å²) in [5, 5.41) is 13.9. The Bertz CT molecular complexity index is 530. The predicted molar refractivity (Wildman–Crippen MR) is 72.7 cm³/mol. The molecule has 0 bridgehead atoms. The third-order valence-corrected chi connectivity index (χ3v) is 3.87. The second-order valence-corrected chi connectivity index (χ2v) is 5.08. The van der Waals surface area contributed by atoms with Crippen LogP contribution in [-0.2, 0) is 0 Å². The third kappa shape index (κ3) is 2.78. The molecule has 6 heteroatoms. The zero-order chi connectivity index (χ0) is 12.4. The zero-order valence-electron chi connectivity index (χ0n) is 9.02. The van der Waals surface area contributed by atoms with Gasteiger partial charge in [-0.15, -0.1) is 0 Å². The normalized spacial score (nSPS) is 12.7. The van der Waals surface area contributed by atoms with E-state index in [1.165, 1.54) is 0 Å². The first-order chi connectivity index (χ1) is 8.11. The molecule has 1 aromatic carbocycles. The second kappa shape index (κ2) is 5.32. The molecule has 0 amide bonds. The van der Waals surface area contributed by atoms with Crippen LogP contribution in [0.3, 0.4) is 0 Å². The number of nitrogens with zero attached hydrogens (tertiary/aromatic N) is 2. The van der Waals surface area contributed by atoms with Crippen molar-refractivity contribution < 1.29 is 9.63 Å². The van der Waals surface area contributed by atoms with Crippen LogP contribution in [0.15, 0.2) is 22.7 Å². The number of hydrogen-bond donors (Lipinski definition) is 1. The minimum atomic E-state index is -0.688. The standard InChI is InChI=1S/C11H10ClIN2O2/c1-2-9(16)10-14-11(17-15-10)6-3-4-8(13)7(12)5-6/h3-5,9,16H,2H2,1H3. The van der Waals surface area contributed by atoms with Crippen molar-refractivity contribution in [3.8, 4) is 11.5 Å². The van der Waals surface area contributed by atoms with Crippen LogP contribution in [0.4, 0.5) is 0 Å². The lowest BCUT2D eigenvalue weighted by Crippen LogP contribution is -1.97. The maximum atomic E-state index is 9.58. The van der Waals surface area contributed by atoms with Crippen LogP contribution in [0.1, 0.15) is 25.3 Å². The number of benzene rings is 1. The van der Waals surface area contributed by atoms with Gasteiger partial charge in [0, 0.05) is 9.13 Å². The second-order valence-electron chi connectivity index (χ2n) is 3.51. The van der Waals surface area contributed by atoms with Crippen molar-refractivity contribution >= 4 is 34.2 Å². The molecule has 0 saturated heterocycles. The van der Waals surface area contributed by atoms with Crippen LogP contribution in [-0.4, -0.2) is 15.2 Å². The van der Waals surface area contributed by atoms with Crippen molar-refractivity contribution in [1.29, 1.82) is 0 Å². The number of aliphatic hydroxyl groups excluding tert-OH is 1. The summed E-state index contributed by atoms with van der Waals surface area (Å²) in [4.78, 5) is 4.13. The maximum absolute atomic E-state index is 9.58. The Morgan fingerprint density at radius 3 is 2.94 bits per heavy atom. The highest BCUT2D eigenvalue weighted by Crippen LogP contribution is 2.26. The first kappa shape index (κ1) is 12.8. The molecule has 0 aliphatic carbocycles. The van der Waals surface area contributed by atoms with Crippen molar-refractivity contribution in [2.24, 2.45) is 0 Å². The van der Waals surface area contributed by atoms with Gasteiger partial charge in [0.25, 0.3) is 5.89 Å². The van der Waals surface area contributed by atoms with Gasteiger partial charge < -0.3 is 9.63 Å². The van der Waals surface area contributed by atoms with Gasteiger partial charge >= 0.3 is 0 Å². The van der Waals surface area contributed by atoms with E-state index < -0.39 is 6.10 Å². The third-order valence-electron chi connectivity index (χ3n) is 2.29. The number of rotatable bonds is 3. The first-order valence-corrected chi connectivity index (χ1v) is 6.54. The molecule has 0 fully saturated rings. The topological polar surface area (TPSA) is 59.2 Å². The quantitative estimate of drug-likeness (QED) is 0.848. The van der Waals surface area contributed by atoms with Crippen LogP contribution in [0, 0.1) is 3.57 Å². The molecule has 0 spiro atoms. The fourth-order valence-corrected chi connectivity index (χ4v) is 1.82. The van der Waals surface area contributed by atoms with Crippen LogP contribution < -0.4 is 0 Å². The van der Waals surface area contributed by atoms with Gasteiger partial charge in [0.15, 0.2) is 0 Å². The summed E-state index contributed by atoms with van der Waals surface area (Å²) in [7, 11) is 0. The van der Waals surface area contributed by atoms with Gasteiger partial charge in [-0.2, -0.15) is 4.98 Å². The Kier molecular flexibility index (Phi) is 4.01. The Balaban J connectivity index is 2.33. The van der Waals surface area contributed by atoms with Crippen LogP contribution in [0.2, 0.25) is 5.02 Å². The number of aliphatic hydroxyl groups is 1. The fraction of sp³-hybridized carbons (Fsp3) is 0.273. The van der Waals surface area contributed by atoms with Crippen molar-refractivity contribution in [2.75, 3.05) is 0 Å². The molecule has 0 saturated carbocycles. The molecule has 0 radical (unpaired) electrons. The van der Waals surface area contributed by atoms with Gasteiger partial charge in [0.05, 0.1) is 5.02 Å². The lowest BCUT2D eigenvalue weighted by Gasteiger charge is -1.99. The van der Waals surface area contributed by atoms with Crippen LogP contribution >= 0.6 is 34.2 Å². The maximum Gasteiger partial charge on any atom is 0.258 e. The molecular weight excluding hydrogens is 354 g/mol. The summed E-state index contributed by atoms with van der Waals surface area (Å²) < 4.78 is 6.05. The molecule has 4 nitrogen and oxygen atoms in total. The molecule has 0 aliphatic rings. The van der Waals surface area contributed by atoms with E-state index >= 15 is 0 Å². The highest BCUT2D eigenvalue weighted by Gasteiger charge is 2.15. The summed E-state index contributed by atoms with van der Waals surface area (Å²) in [6, 6.07) is 5.49. The SMILES string of the molecule is CCC(O)c1noc(-c2ccc(I)c(Cl)c2)n1. The predicted octanol–water partition coefficient (Wildman–Crippen LogP) is 3.44. The molecule has 17 heavy (non-hydrogen) atoms. The van der Waals surface area contributed by atoms with Crippen molar-refractivity contribution in [3.63, 3.8) is 0 Å². The van der Waals surface area contributed by atoms with E-state index in [0.717, 1.165) is 9.13 Å². The number of halogens is 2. The minimum Gasteiger partial charge on any atom is -0.385 e. The van der Waals surface area contributed by atoms with Crippen molar-refractivity contribution in [2.45, 2.75) is 19.4 Å². The van der Waals surface area contributed by atoms with Crippen molar-refractivity contribution in [3.05, 3.63) is 32.6 Å². The zero-order valence-corrected chi connectivity index (χ0v) is 11.9. The van der Waals surface area contributed by atoms with Crippen LogP contribution in [0.5, 0.6) is 0 Å². The molecule has 1 atom stereocenters. The van der Waals surface area contributed by atoms with Gasteiger partial charge in [-0.05, 0) is 47.2 Å². The van der Waals surface area contributed by atoms with Gasteiger partial charge in [-0.3, -0.25) is 0 Å². The van der Waals surface area contributed by atoms with Crippen molar-refractivity contribution in [1.82, 2.24) is 10.1 Å². The monoisotopic (exact) mass is 364 g/mol. The molecular formula is C11H10ClIN2O2. The molecule has 1 heterocycles. The highest BCUT2D eigenvalue weighted by atomic mass is 127. The number of aromatic nitrogens is 2. The fourth-order valence-electron chi connectivity index (χ4n) is 1.30. The summed E-state index contributed by atoms with van der Waals surface area (Å²) in [6.45, 7) is 1.85. The molecule has 1 unspecified atom stereocenters. The van der Waals surface area contributed by atoms with Gasteiger partial charge in [-0.1, -0.05) is 23.7 Å². The lowest BCUT2D eigenvalue weighted by molar-refractivity contribution is 0.159. The Labute approximate surface area is 117 Å². The van der Waals surface area contributed by atoms with Gasteiger partial charge in [-0.25, -0.2) is 0 Å². The molecule has 2 rings (SSSR count). The first-order valence-electron chi connectivity index (χ1n) is 5.09. The average molecular weight is 365 g/mol. The molecule has 0 aliphatic heterocycles. The Morgan fingerprint density at radius 2 is 2.29 bits per heavy atom. The van der Waals surface area contributed by atoms with Crippen LogP contribution in [0.25, 0.3) is 11.5 Å². The molecule has 90 valence electrons. The Morgan fingerprint density at radius 1 is 1.53 bits per heavy atom. The molecule has 1 aromatic heterocycles. The Hall–Kier alpha value is -0.660. The van der Waals surface area contributed by atoms with E-state index in [-0.39, 0.29) is 0 Å².